The van der Waals surface area contributed by atoms with E-state index in [1.54, 1.807) is 30.3 Å². The lowest BCUT2D eigenvalue weighted by atomic mass is 10.1. The van der Waals surface area contributed by atoms with Crippen molar-refractivity contribution in [1.82, 2.24) is 4.98 Å². The number of carbonyl (C=O) groups is 1. The second-order valence-electron chi connectivity index (χ2n) is 6.38. The summed E-state index contributed by atoms with van der Waals surface area (Å²) in [6.07, 6.45) is 1.77. The summed E-state index contributed by atoms with van der Waals surface area (Å²) in [6, 6.07) is 23.5. The third-order valence-electron chi connectivity index (χ3n) is 4.54. The Bertz CT molecular complexity index is 1260. The molecule has 0 radical (unpaired) electrons. The van der Waals surface area contributed by atoms with Crippen molar-refractivity contribution in [2.75, 3.05) is 7.11 Å². The van der Waals surface area contributed by atoms with Gasteiger partial charge in [0.1, 0.15) is 11.1 Å². The fraction of sp³-hybridized carbons (Fsp3) is 0.0417. The van der Waals surface area contributed by atoms with Crippen LogP contribution in [0.2, 0.25) is 0 Å². The maximum atomic E-state index is 11.5. The molecule has 0 aliphatic carbocycles. The second-order valence-corrected chi connectivity index (χ2v) is 7.24. The molecule has 0 unspecified atom stereocenters. The number of nitriles is 1. The van der Waals surface area contributed by atoms with Gasteiger partial charge in [-0.1, -0.05) is 48.5 Å². The Hall–Kier alpha value is -3.75. The van der Waals surface area contributed by atoms with Crippen LogP contribution in [0.3, 0.4) is 0 Å². The summed E-state index contributed by atoms with van der Waals surface area (Å²) in [7, 11) is 1.35. The van der Waals surface area contributed by atoms with E-state index in [1.165, 1.54) is 23.8 Å². The number of esters is 1. The number of hydrogen-bond donors (Lipinski definition) is 0. The highest BCUT2D eigenvalue weighted by Gasteiger charge is 2.10. The number of hydrogen-bond acceptors (Lipinski definition) is 5. The zero-order valence-corrected chi connectivity index (χ0v) is 16.4. The standard InChI is InChI=1S/C24H16N2O2S/c1-28-24(27)18-8-6-16(7-9-18)12-21(14-25)23-26-22(15-29-23)20-11-10-17-4-2-3-5-19(17)13-20/h2-13,15H,1H3/b21-12-. The van der Waals surface area contributed by atoms with Gasteiger partial charge in [-0.3, -0.25) is 0 Å². The first-order chi connectivity index (χ1) is 14.2. The van der Waals surface area contributed by atoms with Crippen LogP contribution in [0.4, 0.5) is 0 Å². The molecule has 0 bridgehead atoms. The average molecular weight is 396 g/mol. The molecule has 29 heavy (non-hydrogen) atoms. The summed E-state index contributed by atoms with van der Waals surface area (Å²) in [5, 5.41) is 14.6. The highest BCUT2D eigenvalue weighted by molar-refractivity contribution is 7.11. The molecule has 140 valence electrons. The van der Waals surface area contributed by atoms with Crippen LogP contribution in [-0.4, -0.2) is 18.1 Å². The Morgan fingerprint density at radius 1 is 1.07 bits per heavy atom. The topological polar surface area (TPSA) is 63.0 Å². The molecule has 0 aliphatic rings. The maximum Gasteiger partial charge on any atom is 0.337 e. The Morgan fingerprint density at radius 3 is 2.55 bits per heavy atom. The van der Waals surface area contributed by atoms with Gasteiger partial charge in [-0.05, 0) is 40.6 Å². The van der Waals surface area contributed by atoms with E-state index < -0.39 is 0 Å². The molecule has 0 amide bonds. The van der Waals surface area contributed by atoms with Crippen LogP contribution in [0.5, 0.6) is 0 Å². The average Bonchev–Trinajstić information content (AvgIpc) is 3.27. The number of benzene rings is 3. The molecule has 0 saturated heterocycles. The molecule has 4 nitrogen and oxygen atoms in total. The Labute approximate surface area is 172 Å². The number of thiazole rings is 1. The normalized spacial score (nSPS) is 11.2. The van der Waals surface area contributed by atoms with Crippen LogP contribution in [0, 0.1) is 11.3 Å². The van der Waals surface area contributed by atoms with Crippen LogP contribution in [0.1, 0.15) is 20.9 Å². The van der Waals surface area contributed by atoms with Crippen molar-refractivity contribution in [1.29, 1.82) is 5.26 Å². The van der Waals surface area contributed by atoms with E-state index in [4.69, 9.17) is 4.74 Å². The summed E-state index contributed by atoms with van der Waals surface area (Å²) in [6.45, 7) is 0. The van der Waals surface area contributed by atoms with Gasteiger partial charge in [-0.15, -0.1) is 11.3 Å². The van der Waals surface area contributed by atoms with Crippen LogP contribution >= 0.6 is 11.3 Å². The smallest absolute Gasteiger partial charge is 0.337 e. The van der Waals surface area contributed by atoms with Crippen molar-refractivity contribution in [3.05, 3.63) is 88.2 Å². The van der Waals surface area contributed by atoms with E-state index >= 15 is 0 Å². The number of rotatable bonds is 4. The predicted molar refractivity (Wildman–Crippen MR) is 116 cm³/mol. The highest BCUT2D eigenvalue weighted by Crippen LogP contribution is 2.29. The van der Waals surface area contributed by atoms with Crippen molar-refractivity contribution in [2.45, 2.75) is 0 Å². The summed E-state index contributed by atoms with van der Waals surface area (Å²) in [5.41, 5.74) is 3.63. The Kier molecular flexibility index (Phi) is 5.19. The number of methoxy groups -OCH3 is 1. The molecule has 4 rings (SSSR count). The SMILES string of the molecule is COC(=O)c1ccc(/C=C(/C#N)c2nc(-c3ccc4ccccc4c3)cs2)cc1. The molecule has 0 saturated carbocycles. The number of nitrogens with zero attached hydrogens (tertiary/aromatic N) is 2. The van der Waals surface area contributed by atoms with Gasteiger partial charge in [0.05, 0.1) is 23.9 Å². The summed E-state index contributed by atoms with van der Waals surface area (Å²) in [4.78, 5) is 16.2. The fourth-order valence-electron chi connectivity index (χ4n) is 3.02. The molecule has 1 heterocycles. The Balaban J connectivity index is 1.63. The van der Waals surface area contributed by atoms with E-state index in [1.807, 2.05) is 23.6 Å². The quantitative estimate of drug-likeness (QED) is 0.322. The van der Waals surface area contributed by atoms with E-state index in [0.29, 0.717) is 16.1 Å². The minimum absolute atomic E-state index is 0.388. The highest BCUT2D eigenvalue weighted by atomic mass is 32.1. The molecule has 0 atom stereocenters. The molecule has 0 N–H and O–H groups in total. The molecule has 0 aliphatic heterocycles. The van der Waals surface area contributed by atoms with Gasteiger partial charge in [0.2, 0.25) is 0 Å². The van der Waals surface area contributed by atoms with Gasteiger partial charge in [0, 0.05) is 10.9 Å². The number of allylic oxidation sites excluding steroid dienone is 1. The molecule has 0 spiro atoms. The van der Waals surface area contributed by atoms with Crippen molar-refractivity contribution in [3.8, 4) is 17.3 Å². The molecule has 3 aromatic carbocycles. The first-order valence-electron chi connectivity index (χ1n) is 8.93. The number of fused-ring (bicyclic) bond motifs is 1. The minimum atomic E-state index is -0.388. The lowest BCUT2D eigenvalue weighted by Crippen LogP contribution is -2.00. The van der Waals surface area contributed by atoms with Crippen LogP contribution in [0.15, 0.2) is 72.1 Å². The molecular formula is C24H16N2O2S. The van der Waals surface area contributed by atoms with Gasteiger partial charge >= 0.3 is 5.97 Å². The molecule has 4 aromatic rings. The lowest BCUT2D eigenvalue weighted by Gasteiger charge is -2.01. The maximum absolute atomic E-state index is 11.5. The number of aromatic nitrogens is 1. The van der Waals surface area contributed by atoms with E-state index in [0.717, 1.165) is 22.2 Å². The lowest BCUT2D eigenvalue weighted by molar-refractivity contribution is 0.0600. The first-order valence-corrected chi connectivity index (χ1v) is 9.81. The van der Waals surface area contributed by atoms with Crippen LogP contribution in [0.25, 0.3) is 33.7 Å². The van der Waals surface area contributed by atoms with Crippen molar-refractivity contribution >= 4 is 39.7 Å². The summed E-state index contributed by atoms with van der Waals surface area (Å²) in [5.74, 6) is -0.388. The van der Waals surface area contributed by atoms with Gasteiger partial charge in [0.15, 0.2) is 0 Å². The van der Waals surface area contributed by atoms with Gasteiger partial charge < -0.3 is 4.74 Å². The van der Waals surface area contributed by atoms with E-state index in [9.17, 15) is 10.1 Å². The van der Waals surface area contributed by atoms with Crippen LogP contribution < -0.4 is 0 Å². The van der Waals surface area contributed by atoms with Crippen molar-refractivity contribution in [3.63, 3.8) is 0 Å². The van der Waals surface area contributed by atoms with Gasteiger partial charge in [-0.2, -0.15) is 5.26 Å². The van der Waals surface area contributed by atoms with Crippen molar-refractivity contribution in [2.24, 2.45) is 0 Å². The summed E-state index contributed by atoms with van der Waals surface area (Å²) >= 11 is 1.44. The zero-order valence-electron chi connectivity index (χ0n) is 15.6. The van der Waals surface area contributed by atoms with Crippen molar-refractivity contribution < 1.29 is 9.53 Å². The monoisotopic (exact) mass is 396 g/mol. The largest absolute Gasteiger partial charge is 0.465 e. The predicted octanol–water partition coefficient (Wildman–Crippen LogP) is 5.81. The molecule has 5 heteroatoms. The second kappa shape index (κ2) is 8.09. The third kappa shape index (κ3) is 3.93. The third-order valence-corrected chi connectivity index (χ3v) is 5.42. The molecule has 0 fully saturated rings. The number of ether oxygens (including phenoxy) is 1. The first kappa shape index (κ1) is 18.6. The van der Waals surface area contributed by atoms with Gasteiger partial charge in [-0.25, -0.2) is 9.78 Å². The van der Waals surface area contributed by atoms with Crippen LogP contribution in [-0.2, 0) is 4.74 Å². The number of carbonyl (C=O) groups excluding carboxylic acids is 1. The minimum Gasteiger partial charge on any atom is -0.465 e. The zero-order chi connectivity index (χ0) is 20.2. The summed E-state index contributed by atoms with van der Waals surface area (Å²) < 4.78 is 4.70. The van der Waals surface area contributed by atoms with E-state index in [2.05, 4.69) is 35.3 Å². The molecule has 1 aromatic heterocycles. The van der Waals surface area contributed by atoms with Gasteiger partial charge in [0.25, 0.3) is 0 Å². The Morgan fingerprint density at radius 2 is 1.83 bits per heavy atom. The molecular weight excluding hydrogens is 380 g/mol. The van der Waals surface area contributed by atoms with E-state index in [-0.39, 0.29) is 5.97 Å². The fourth-order valence-corrected chi connectivity index (χ4v) is 3.82.